The number of hydrogen-bond donors (Lipinski definition) is 1. The van der Waals surface area contributed by atoms with E-state index in [9.17, 15) is 0 Å². The van der Waals surface area contributed by atoms with Crippen LogP contribution in [0.5, 0.6) is 0 Å². The molecule has 0 atom stereocenters. The Hall–Kier alpha value is -0.530. The van der Waals surface area contributed by atoms with Crippen LogP contribution in [0.3, 0.4) is 0 Å². The van der Waals surface area contributed by atoms with E-state index in [0.717, 1.165) is 24.5 Å². The fraction of sp³-hybridized carbons (Fsp3) is 0.571. The van der Waals surface area contributed by atoms with Crippen LogP contribution in [0.4, 0.5) is 0 Å². The molecule has 0 amide bonds. The highest BCUT2D eigenvalue weighted by atomic mass is 35.5. The van der Waals surface area contributed by atoms with Crippen molar-refractivity contribution in [2.45, 2.75) is 34.1 Å². The summed E-state index contributed by atoms with van der Waals surface area (Å²) in [5.41, 5.74) is 1.23. The first-order chi connectivity index (χ1) is 7.70. The predicted octanol–water partition coefficient (Wildman–Crippen LogP) is 4.15. The van der Waals surface area contributed by atoms with Gasteiger partial charge in [0.2, 0.25) is 0 Å². The molecular weight excluding hydrogens is 218 g/mol. The summed E-state index contributed by atoms with van der Waals surface area (Å²) >= 11 is 6.04. The van der Waals surface area contributed by atoms with Crippen molar-refractivity contribution in [3.63, 3.8) is 0 Å². The Bertz CT molecular complexity index is 271. The molecule has 92 valence electrons. The number of hydrogen-bond acceptors (Lipinski definition) is 1. The van der Waals surface area contributed by atoms with Crippen molar-refractivity contribution in [3.8, 4) is 0 Å². The lowest BCUT2D eigenvalue weighted by atomic mass is 10.1. The maximum Gasteiger partial charge on any atom is 0.0438 e. The van der Waals surface area contributed by atoms with Gasteiger partial charge in [0, 0.05) is 5.02 Å². The highest BCUT2D eigenvalue weighted by Crippen LogP contribution is 2.14. The molecule has 1 nitrogen and oxygen atoms in total. The molecule has 0 spiro atoms. The lowest BCUT2D eigenvalue weighted by Crippen LogP contribution is -2.22. The largest absolute Gasteiger partial charge is 0.316 e. The summed E-state index contributed by atoms with van der Waals surface area (Å²) in [7, 11) is 0. The zero-order valence-electron chi connectivity index (χ0n) is 10.9. The third kappa shape index (κ3) is 6.86. The van der Waals surface area contributed by atoms with E-state index in [1.807, 2.05) is 32.0 Å². The van der Waals surface area contributed by atoms with E-state index >= 15 is 0 Å². The molecular formula is C14H24ClN. The number of rotatable bonds is 5. The van der Waals surface area contributed by atoms with Crippen LogP contribution in [0.15, 0.2) is 24.3 Å². The molecule has 0 bridgehead atoms. The van der Waals surface area contributed by atoms with Gasteiger partial charge in [0.25, 0.3) is 0 Å². The minimum absolute atomic E-state index is 0.709. The van der Waals surface area contributed by atoms with E-state index < -0.39 is 0 Å². The Morgan fingerprint density at radius 1 is 1.19 bits per heavy atom. The molecule has 0 fully saturated rings. The topological polar surface area (TPSA) is 12.0 Å². The molecule has 16 heavy (non-hydrogen) atoms. The average molecular weight is 242 g/mol. The van der Waals surface area contributed by atoms with Gasteiger partial charge in [0.1, 0.15) is 0 Å². The molecule has 0 aliphatic rings. The van der Waals surface area contributed by atoms with Crippen LogP contribution in [0.25, 0.3) is 0 Å². The van der Waals surface area contributed by atoms with Crippen LogP contribution in [-0.4, -0.2) is 13.1 Å². The summed E-state index contributed by atoms with van der Waals surface area (Å²) in [4.78, 5) is 0. The molecule has 1 aromatic carbocycles. The van der Waals surface area contributed by atoms with E-state index in [0.29, 0.717) is 5.92 Å². The van der Waals surface area contributed by atoms with E-state index in [-0.39, 0.29) is 0 Å². The smallest absolute Gasteiger partial charge is 0.0438 e. The Morgan fingerprint density at radius 3 is 2.38 bits per heavy atom. The first-order valence-electron chi connectivity index (χ1n) is 6.14. The molecule has 0 radical (unpaired) electrons. The first-order valence-corrected chi connectivity index (χ1v) is 6.52. The van der Waals surface area contributed by atoms with Gasteiger partial charge in [-0.1, -0.05) is 57.5 Å². The van der Waals surface area contributed by atoms with E-state index in [4.69, 9.17) is 11.6 Å². The minimum Gasteiger partial charge on any atom is -0.316 e. The van der Waals surface area contributed by atoms with Gasteiger partial charge in [-0.2, -0.15) is 0 Å². The maximum absolute atomic E-state index is 6.04. The minimum atomic E-state index is 0.709. The van der Waals surface area contributed by atoms with E-state index in [1.165, 1.54) is 5.56 Å². The lowest BCUT2D eigenvalue weighted by Gasteiger charge is -2.07. The van der Waals surface area contributed by atoms with Gasteiger partial charge in [-0.05, 0) is 37.1 Å². The van der Waals surface area contributed by atoms with Crippen LogP contribution < -0.4 is 5.32 Å². The van der Waals surface area contributed by atoms with Crippen LogP contribution in [0.1, 0.15) is 33.3 Å². The first kappa shape index (κ1) is 15.5. The van der Waals surface area contributed by atoms with E-state index in [1.54, 1.807) is 0 Å². The van der Waals surface area contributed by atoms with Crippen LogP contribution in [-0.2, 0) is 6.42 Å². The van der Waals surface area contributed by atoms with Crippen molar-refractivity contribution < 1.29 is 0 Å². The number of halogens is 1. The number of nitrogens with one attached hydrogen (secondary N) is 1. The second-order valence-corrected chi connectivity index (χ2v) is 4.35. The van der Waals surface area contributed by atoms with Crippen molar-refractivity contribution in [2.24, 2.45) is 5.92 Å². The third-order valence-corrected chi connectivity index (χ3v) is 2.45. The Morgan fingerprint density at radius 2 is 1.81 bits per heavy atom. The molecule has 0 aliphatic heterocycles. The maximum atomic E-state index is 6.04. The van der Waals surface area contributed by atoms with Gasteiger partial charge in [0.05, 0.1) is 0 Å². The van der Waals surface area contributed by atoms with E-state index in [2.05, 4.69) is 25.2 Å². The second-order valence-electron chi connectivity index (χ2n) is 3.94. The molecule has 1 N–H and O–H groups in total. The van der Waals surface area contributed by atoms with Crippen molar-refractivity contribution in [3.05, 3.63) is 34.9 Å². The van der Waals surface area contributed by atoms with Crippen molar-refractivity contribution in [1.82, 2.24) is 5.32 Å². The second kappa shape index (κ2) is 9.68. The summed E-state index contributed by atoms with van der Waals surface area (Å²) < 4.78 is 0. The number of benzene rings is 1. The Balaban J connectivity index is 0.00000106. The Labute approximate surface area is 105 Å². The van der Waals surface area contributed by atoms with Crippen LogP contribution >= 0.6 is 11.6 Å². The van der Waals surface area contributed by atoms with Crippen LogP contribution in [0, 0.1) is 5.92 Å². The molecule has 0 saturated heterocycles. The summed E-state index contributed by atoms with van der Waals surface area (Å²) in [6.45, 7) is 10.5. The summed E-state index contributed by atoms with van der Waals surface area (Å²) in [6, 6.07) is 8.02. The zero-order valence-corrected chi connectivity index (χ0v) is 11.6. The van der Waals surface area contributed by atoms with Gasteiger partial charge in [-0.25, -0.2) is 0 Å². The summed E-state index contributed by atoms with van der Waals surface area (Å²) in [6.07, 6.45) is 1.01. The normalized spacial score (nSPS) is 9.88. The summed E-state index contributed by atoms with van der Waals surface area (Å²) in [5, 5.41) is 4.28. The molecule has 0 unspecified atom stereocenters. The molecule has 0 aromatic heterocycles. The highest BCUT2D eigenvalue weighted by molar-refractivity contribution is 6.31. The van der Waals surface area contributed by atoms with Crippen LogP contribution in [0.2, 0.25) is 5.02 Å². The molecule has 2 heteroatoms. The fourth-order valence-electron chi connectivity index (χ4n) is 1.31. The fourth-order valence-corrected chi connectivity index (χ4v) is 1.55. The van der Waals surface area contributed by atoms with Gasteiger partial charge in [-0.3, -0.25) is 0 Å². The van der Waals surface area contributed by atoms with Gasteiger partial charge >= 0.3 is 0 Å². The molecule has 1 rings (SSSR count). The third-order valence-electron chi connectivity index (χ3n) is 2.08. The van der Waals surface area contributed by atoms with Gasteiger partial charge < -0.3 is 5.32 Å². The molecule has 1 aromatic rings. The standard InChI is InChI=1S/C12H18ClN.C2H6/c1-10(2)9-14-8-7-11-5-3-4-6-12(11)13;1-2/h3-6,10,14H,7-9H2,1-2H3;1-2H3. The lowest BCUT2D eigenvalue weighted by molar-refractivity contribution is 0.554. The molecule has 0 saturated carbocycles. The van der Waals surface area contributed by atoms with Crippen molar-refractivity contribution in [1.29, 1.82) is 0 Å². The molecule has 0 aliphatic carbocycles. The monoisotopic (exact) mass is 241 g/mol. The average Bonchev–Trinajstić information content (AvgIpc) is 2.29. The van der Waals surface area contributed by atoms with Gasteiger partial charge in [0.15, 0.2) is 0 Å². The molecule has 0 heterocycles. The van der Waals surface area contributed by atoms with Crippen molar-refractivity contribution in [2.75, 3.05) is 13.1 Å². The highest BCUT2D eigenvalue weighted by Gasteiger charge is 1.98. The SMILES string of the molecule is CC.CC(C)CNCCc1ccccc1Cl. The van der Waals surface area contributed by atoms with Gasteiger partial charge in [-0.15, -0.1) is 0 Å². The Kier molecular flexibility index (Phi) is 9.36. The predicted molar refractivity (Wildman–Crippen MR) is 74.2 cm³/mol. The van der Waals surface area contributed by atoms with Crippen molar-refractivity contribution >= 4 is 11.6 Å². The quantitative estimate of drug-likeness (QED) is 0.764. The zero-order chi connectivity index (χ0) is 12.4. The summed E-state index contributed by atoms with van der Waals surface area (Å²) in [5.74, 6) is 0.709.